The number of aromatic nitrogens is 1. The minimum Gasteiger partial charge on any atom is -0.496 e. The second kappa shape index (κ2) is 5.40. The topological polar surface area (TPSA) is 59.4 Å². The van der Waals surface area contributed by atoms with Crippen molar-refractivity contribution in [2.45, 2.75) is 19.8 Å². The molecule has 0 fully saturated rings. The average Bonchev–Trinajstić information content (AvgIpc) is 2.87. The molecule has 0 radical (unpaired) electrons. The van der Waals surface area contributed by atoms with E-state index in [2.05, 4.69) is 18.8 Å². The molecule has 1 aromatic heterocycles. The molecule has 4 nitrogen and oxygen atoms in total. The molecule has 2 aromatic rings. The number of carboxylic acid groups (broad SMARTS) is 1. The summed E-state index contributed by atoms with van der Waals surface area (Å²) in [4.78, 5) is 15.5. The van der Waals surface area contributed by atoms with Crippen molar-refractivity contribution in [2.75, 3.05) is 7.11 Å². The number of hydrogen-bond donors (Lipinski definition) is 1. The number of carbonyl (C=O) groups is 1. The maximum absolute atomic E-state index is 11.2. The molecule has 1 aromatic carbocycles. The van der Waals surface area contributed by atoms with Crippen molar-refractivity contribution >= 4 is 17.3 Å². The second-order valence-electron chi connectivity index (χ2n) is 4.45. The first-order valence-corrected chi connectivity index (χ1v) is 6.77. The molecule has 100 valence electrons. The van der Waals surface area contributed by atoms with Crippen molar-refractivity contribution in [3.05, 3.63) is 34.2 Å². The van der Waals surface area contributed by atoms with E-state index in [1.807, 2.05) is 18.2 Å². The Bertz CT molecular complexity index is 604. The van der Waals surface area contributed by atoms with Crippen LogP contribution in [-0.4, -0.2) is 23.2 Å². The van der Waals surface area contributed by atoms with Crippen molar-refractivity contribution in [3.63, 3.8) is 0 Å². The Morgan fingerprint density at radius 1 is 1.42 bits per heavy atom. The lowest BCUT2D eigenvalue weighted by atomic mass is 9.99. The number of ether oxygens (including phenoxy) is 1. The Kier molecular flexibility index (Phi) is 3.85. The van der Waals surface area contributed by atoms with Crippen LogP contribution in [0.15, 0.2) is 23.7 Å². The Balaban J connectivity index is 2.56. The monoisotopic (exact) mass is 277 g/mol. The summed E-state index contributed by atoms with van der Waals surface area (Å²) >= 11 is 1.12. The summed E-state index contributed by atoms with van der Waals surface area (Å²) in [5.41, 5.74) is 3.86. The van der Waals surface area contributed by atoms with Gasteiger partial charge in [0.05, 0.1) is 18.3 Å². The molecule has 0 saturated carbocycles. The van der Waals surface area contributed by atoms with E-state index in [-0.39, 0.29) is 4.88 Å². The van der Waals surface area contributed by atoms with E-state index < -0.39 is 5.97 Å². The highest BCUT2D eigenvalue weighted by atomic mass is 32.1. The van der Waals surface area contributed by atoms with E-state index >= 15 is 0 Å². The lowest BCUT2D eigenvalue weighted by Gasteiger charge is -2.11. The number of hydrogen-bond acceptors (Lipinski definition) is 4. The average molecular weight is 277 g/mol. The molecule has 0 bridgehead atoms. The second-order valence-corrected chi connectivity index (χ2v) is 5.30. The first kappa shape index (κ1) is 13.5. The number of benzene rings is 1. The zero-order valence-corrected chi connectivity index (χ0v) is 11.8. The maximum Gasteiger partial charge on any atom is 0.348 e. The third-order valence-corrected chi connectivity index (χ3v) is 3.72. The molecule has 0 aliphatic carbocycles. The lowest BCUT2D eigenvalue weighted by molar-refractivity contribution is 0.0702. The SMILES string of the molecule is COc1cc(C(C)C)ccc1-c1ncsc1C(=O)O. The summed E-state index contributed by atoms with van der Waals surface area (Å²) in [5, 5.41) is 9.15. The molecular weight excluding hydrogens is 262 g/mol. The summed E-state index contributed by atoms with van der Waals surface area (Å²) in [6, 6.07) is 5.79. The minimum absolute atomic E-state index is 0.232. The largest absolute Gasteiger partial charge is 0.496 e. The molecule has 0 aliphatic rings. The van der Waals surface area contributed by atoms with Crippen LogP contribution in [0.25, 0.3) is 11.3 Å². The van der Waals surface area contributed by atoms with Crippen LogP contribution in [0.5, 0.6) is 5.75 Å². The van der Waals surface area contributed by atoms with Crippen molar-refractivity contribution in [2.24, 2.45) is 0 Å². The van der Waals surface area contributed by atoms with Crippen LogP contribution in [0.1, 0.15) is 35.0 Å². The summed E-state index contributed by atoms with van der Waals surface area (Å²) < 4.78 is 5.37. The summed E-state index contributed by atoms with van der Waals surface area (Å²) in [6.07, 6.45) is 0. The van der Waals surface area contributed by atoms with Gasteiger partial charge < -0.3 is 9.84 Å². The van der Waals surface area contributed by atoms with Crippen LogP contribution in [0.3, 0.4) is 0 Å². The predicted octanol–water partition coefficient (Wildman–Crippen LogP) is 3.64. The van der Waals surface area contributed by atoms with Crippen molar-refractivity contribution in [1.29, 1.82) is 0 Å². The highest BCUT2D eigenvalue weighted by molar-refractivity contribution is 7.12. The summed E-state index contributed by atoms with van der Waals surface area (Å²) in [5.74, 6) is 0.0735. The van der Waals surface area contributed by atoms with E-state index in [1.165, 1.54) is 5.51 Å². The Hall–Kier alpha value is -1.88. The molecule has 19 heavy (non-hydrogen) atoms. The lowest BCUT2D eigenvalue weighted by Crippen LogP contribution is -1.98. The molecule has 0 atom stereocenters. The van der Waals surface area contributed by atoms with Crippen LogP contribution < -0.4 is 4.74 Å². The van der Waals surface area contributed by atoms with Crippen LogP contribution in [0, 0.1) is 0 Å². The number of aromatic carboxylic acids is 1. The van der Waals surface area contributed by atoms with Gasteiger partial charge in [-0.15, -0.1) is 11.3 Å². The molecule has 0 amide bonds. The Labute approximate surface area is 115 Å². The van der Waals surface area contributed by atoms with Gasteiger partial charge in [-0.1, -0.05) is 19.9 Å². The zero-order valence-electron chi connectivity index (χ0n) is 11.0. The Morgan fingerprint density at radius 2 is 2.16 bits per heavy atom. The van der Waals surface area contributed by atoms with E-state index in [0.717, 1.165) is 16.9 Å². The molecule has 0 aliphatic heterocycles. The first-order valence-electron chi connectivity index (χ1n) is 5.89. The maximum atomic E-state index is 11.2. The van der Waals surface area contributed by atoms with Gasteiger partial charge in [-0.3, -0.25) is 0 Å². The van der Waals surface area contributed by atoms with E-state index in [0.29, 0.717) is 22.9 Å². The Morgan fingerprint density at radius 3 is 2.74 bits per heavy atom. The number of nitrogens with zero attached hydrogens (tertiary/aromatic N) is 1. The summed E-state index contributed by atoms with van der Waals surface area (Å²) in [7, 11) is 1.58. The third-order valence-electron chi connectivity index (χ3n) is 2.91. The van der Waals surface area contributed by atoms with Crippen LogP contribution in [0.2, 0.25) is 0 Å². The van der Waals surface area contributed by atoms with E-state index in [4.69, 9.17) is 9.84 Å². The van der Waals surface area contributed by atoms with Crippen molar-refractivity contribution in [3.8, 4) is 17.0 Å². The molecule has 0 spiro atoms. The molecule has 5 heteroatoms. The van der Waals surface area contributed by atoms with Gasteiger partial charge in [-0.25, -0.2) is 9.78 Å². The molecular formula is C14H15NO3S. The van der Waals surface area contributed by atoms with Gasteiger partial charge in [0, 0.05) is 5.56 Å². The highest BCUT2D eigenvalue weighted by Crippen LogP contribution is 2.35. The van der Waals surface area contributed by atoms with E-state index in [1.54, 1.807) is 7.11 Å². The molecule has 0 unspecified atom stereocenters. The quantitative estimate of drug-likeness (QED) is 0.926. The van der Waals surface area contributed by atoms with Gasteiger partial charge in [0.2, 0.25) is 0 Å². The van der Waals surface area contributed by atoms with Gasteiger partial charge in [0.15, 0.2) is 0 Å². The molecule has 1 N–H and O–H groups in total. The number of rotatable bonds is 4. The van der Waals surface area contributed by atoms with Gasteiger partial charge in [0.25, 0.3) is 0 Å². The smallest absolute Gasteiger partial charge is 0.348 e. The van der Waals surface area contributed by atoms with Crippen molar-refractivity contribution in [1.82, 2.24) is 4.98 Å². The van der Waals surface area contributed by atoms with Gasteiger partial charge in [-0.2, -0.15) is 0 Å². The number of carboxylic acids is 1. The fourth-order valence-corrected chi connectivity index (χ4v) is 2.49. The first-order chi connectivity index (χ1) is 9.04. The third kappa shape index (κ3) is 2.61. The molecule has 2 rings (SSSR count). The van der Waals surface area contributed by atoms with Gasteiger partial charge in [-0.05, 0) is 23.6 Å². The van der Waals surface area contributed by atoms with Gasteiger partial charge >= 0.3 is 5.97 Å². The van der Waals surface area contributed by atoms with Crippen LogP contribution >= 0.6 is 11.3 Å². The van der Waals surface area contributed by atoms with E-state index in [9.17, 15) is 4.79 Å². The standard InChI is InChI=1S/C14H15NO3S/c1-8(2)9-4-5-10(11(6-9)18-3)12-13(14(16)17)19-7-15-12/h4-8H,1-3H3,(H,16,17). The molecule has 0 saturated heterocycles. The zero-order chi connectivity index (χ0) is 14.0. The highest BCUT2D eigenvalue weighted by Gasteiger charge is 2.18. The minimum atomic E-state index is -0.965. The summed E-state index contributed by atoms with van der Waals surface area (Å²) in [6.45, 7) is 4.19. The van der Waals surface area contributed by atoms with Crippen molar-refractivity contribution < 1.29 is 14.6 Å². The number of methoxy groups -OCH3 is 1. The number of thiazole rings is 1. The normalized spacial score (nSPS) is 10.7. The van der Waals surface area contributed by atoms with Crippen LogP contribution in [0.4, 0.5) is 0 Å². The van der Waals surface area contributed by atoms with Gasteiger partial charge in [0.1, 0.15) is 10.6 Å². The molecule has 1 heterocycles. The predicted molar refractivity (Wildman–Crippen MR) is 75.2 cm³/mol. The van der Waals surface area contributed by atoms with Crippen LogP contribution in [-0.2, 0) is 0 Å². The fourth-order valence-electron chi connectivity index (χ4n) is 1.85. The fraction of sp³-hybridized carbons (Fsp3) is 0.286.